The van der Waals surface area contributed by atoms with Crippen LogP contribution in [0.1, 0.15) is 40.0 Å². The van der Waals surface area contributed by atoms with Crippen molar-refractivity contribution in [1.29, 1.82) is 0 Å². The maximum atomic E-state index is 12.8. The van der Waals surface area contributed by atoms with E-state index in [2.05, 4.69) is 26.6 Å². The Kier molecular flexibility index (Phi) is 12.2. The molecule has 18 nitrogen and oxygen atoms in total. The standard InChI is InChI=1S/C28H40N8O10/c1-28(2,3)46-27(45)36-16-17-4-5-18(36)15-35(17)26(44)14-33-23(41)13-32-22(40)12-31-21(39)11-30-20(38)10-29-19(37)8-9-34-24(42)6-7-25(34)43/h6-7,17-18H,4-5,8-16H2,1-3H3,(H,29,37)(H,30,38)(H,31,39)(H,32,40)(H,33,41)/t17-,18-/m0/s1. The number of piperazine rings is 1. The van der Waals surface area contributed by atoms with Gasteiger partial charge in [-0.3, -0.25) is 43.3 Å². The Balaban J connectivity index is 1.23. The summed E-state index contributed by atoms with van der Waals surface area (Å²) in [6, 6.07) is -0.351. The number of ether oxygens (including phenoxy) is 1. The van der Waals surface area contributed by atoms with E-state index in [1.165, 1.54) is 0 Å². The lowest BCUT2D eigenvalue weighted by molar-refractivity contribution is -0.142. The Morgan fingerprint density at radius 3 is 1.52 bits per heavy atom. The molecule has 0 unspecified atom stereocenters. The van der Waals surface area contributed by atoms with Crippen LogP contribution >= 0.6 is 0 Å². The zero-order chi connectivity index (χ0) is 34.0. The summed E-state index contributed by atoms with van der Waals surface area (Å²) in [5.74, 6) is -4.63. The molecule has 0 aliphatic carbocycles. The van der Waals surface area contributed by atoms with E-state index in [-0.39, 0.29) is 37.5 Å². The maximum Gasteiger partial charge on any atom is 0.410 e. The molecule has 4 rings (SSSR count). The molecule has 5 N–H and O–H groups in total. The van der Waals surface area contributed by atoms with Gasteiger partial charge < -0.3 is 41.1 Å². The number of hydrogen-bond acceptors (Lipinski definition) is 10. The van der Waals surface area contributed by atoms with Crippen molar-refractivity contribution in [2.24, 2.45) is 0 Å². The van der Waals surface area contributed by atoms with Crippen LogP contribution in [0, 0.1) is 0 Å². The molecule has 9 amide bonds. The summed E-state index contributed by atoms with van der Waals surface area (Å²) in [6.45, 7) is 3.78. The molecule has 4 aliphatic rings. The molecule has 4 aliphatic heterocycles. The number of carbonyl (C=O) groups excluding carboxylic acids is 9. The van der Waals surface area contributed by atoms with Gasteiger partial charge in [-0.15, -0.1) is 0 Å². The highest BCUT2D eigenvalue weighted by atomic mass is 16.6. The second-order valence-electron chi connectivity index (χ2n) is 11.9. The lowest BCUT2D eigenvalue weighted by atomic mass is 9.91. The van der Waals surface area contributed by atoms with Crippen molar-refractivity contribution in [3.63, 3.8) is 0 Å². The molecule has 0 aromatic rings. The summed E-state index contributed by atoms with van der Waals surface area (Å²) in [6.07, 6.45) is 3.05. The van der Waals surface area contributed by atoms with Crippen molar-refractivity contribution in [3.8, 4) is 0 Å². The molecule has 2 bridgehead atoms. The van der Waals surface area contributed by atoms with Crippen LogP contribution in [0.15, 0.2) is 12.2 Å². The van der Waals surface area contributed by atoms with Crippen molar-refractivity contribution >= 4 is 53.4 Å². The summed E-state index contributed by atoms with van der Waals surface area (Å²) in [7, 11) is 0. The monoisotopic (exact) mass is 648 g/mol. The van der Waals surface area contributed by atoms with Crippen LogP contribution in [0.5, 0.6) is 0 Å². The van der Waals surface area contributed by atoms with Gasteiger partial charge in [0, 0.05) is 44.2 Å². The Labute approximate surface area is 264 Å². The van der Waals surface area contributed by atoms with E-state index in [0.29, 0.717) is 13.1 Å². The molecule has 0 saturated carbocycles. The zero-order valence-electron chi connectivity index (χ0n) is 26.0. The Morgan fingerprint density at radius 2 is 1.09 bits per heavy atom. The summed E-state index contributed by atoms with van der Waals surface area (Å²) in [5, 5.41) is 11.6. The van der Waals surface area contributed by atoms with Crippen LogP contribution in [0.3, 0.4) is 0 Å². The molecule has 0 radical (unpaired) electrons. The molecule has 18 heteroatoms. The molecule has 46 heavy (non-hydrogen) atoms. The van der Waals surface area contributed by atoms with Crippen LogP contribution in [0.2, 0.25) is 0 Å². The van der Waals surface area contributed by atoms with Gasteiger partial charge >= 0.3 is 6.09 Å². The van der Waals surface area contributed by atoms with E-state index in [1.54, 1.807) is 30.6 Å². The second-order valence-corrected chi connectivity index (χ2v) is 11.9. The van der Waals surface area contributed by atoms with E-state index in [0.717, 1.165) is 29.9 Å². The first-order valence-corrected chi connectivity index (χ1v) is 14.8. The van der Waals surface area contributed by atoms with Crippen molar-refractivity contribution in [3.05, 3.63) is 12.2 Å². The lowest BCUT2D eigenvalue weighted by Crippen LogP contribution is -2.66. The average Bonchev–Trinajstić information content (AvgIpc) is 3.33. The van der Waals surface area contributed by atoms with E-state index in [9.17, 15) is 43.2 Å². The SMILES string of the molecule is CC(C)(C)OC(=O)N1C[C@@H]2CC[C@H]1CN2C(=O)CNC(=O)CNC(=O)CNC(=O)CNC(=O)CNC(=O)CCN1C(=O)C=CC1=O. The highest BCUT2D eigenvalue weighted by molar-refractivity contribution is 6.13. The molecular formula is C28H40N8O10. The third kappa shape index (κ3) is 10.8. The Bertz CT molecular complexity index is 1280. The van der Waals surface area contributed by atoms with Crippen LogP contribution in [0.25, 0.3) is 0 Å². The fraction of sp³-hybridized carbons (Fsp3) is 0.607. The largest absolute Gasteiger partial charge is 0.444 e. The topological polar surface area (TPSA) is 233 Å². The van der Waals surface area contributed by atoms with Gasteiger partial charge in [-0.2, -0.15) is 0 Å². The first-order chi connectivity index (χ1) is 21.6. The normalized spacial score (nSPS) is 18.6. The summed E-state index contributed by atoms with van der Waals surface area (Å²) in [4.78, 5) is 112. The molecule has 0 spiro atoms. The number of rotatable bonds is 13. The van der Waals surface area contributed by atoms with Gasteiger partial charge in [-0.25, -0.2) is 4.79 Å². The molecule has 3 fully saturated rings. The van der Waals surface area contributed by atoms with Crippen LogP contribution in [-0.2, 0) is 43.1 Å². The number of amides is 9. The van der Waals surface area contributed by atoms with E-state index in [1.807, 2.05) is 0 Å². The number of carbonyl (C=O) groups is 9. The number of piperidine rings is 2. The number of hydrogen-bond donors (Lipinski definition) is 5. The summed E-state index contributed by atoms with van der Waals surface area (Å²) in [5.41, 5.74) is -0.628. The quantitative estimate of drug-likeness (QED) is 0.124. The fourth-order valence-corrected chi connectivity index (χ4v) is 4.87. The predicted octanol–water partition coefficient (Wildman–Crippen LogP) is -3.51. The van der Waals surface area contributed by atoms with Crippen molar-refractivity contribution in [1.82, 2.24) is 41.3 Å². The zero-order valence-corrected chi connectivity index (χ0v) is 26.0. The van der Waals surface area contributed by atoms with Gasteiger partial charge in [0.2, 0.25) is 35.4 Å². The van der Waals surface area contributed by atoms with Crippen LogP contribution in [0.4, 0.5) is 4.79 Å². The first-order valence-electron chi connectivity index (χ1n) is 14.8. The highest BCUT2D eigenvalue weighted by Crippen LogP contribution is 2.30. The average molecular weight is 649 g/mol. The van der Waals surface area contributed by atoms with Gasteiger partial charge in [-0.05, 0) is 33.6 Å². The predicted molar refractivity (Wildman–Crippen MR) is 157 cm³/mol. The minimum absolute atomic E-state index is 0.139. The molecule has 0 aromatic heterocycles. The number of nitrogens with one attached hydrogen (secondary N) is 5. The van der Waals surface area contributed by atoms with Crippen molar-refractivity contribution in [2.75, 3.05) is 52.4 Å². The van der Waals surface area contributed by atoms with Crippen molar-refractivity contribution in [2.45, 2.75) is 57.7 Å². The van der Waals surface area contributed by atoms with Gasteiger partial charge in [0.1, 0.15) is 5.60 Å². The smallest absolute Gasteiger partial charge is 0.410 e. The summed E-state index contributed by atoms with van der Waals surface area (Å²) >= 11 is 0. The highest BCUT2D eigenvalue weighted by Gasteiger charge is 2.44. The number of fused-ring (bicyclic) bond motifs is 3. The molecule has 252 valence electrons. The molecule has 0 aromatic carbocycles. The molecule has 4 heterocycles. The molecule has 3 saturated heterocycles. The minimum Gasteiger partial charge on any atom is -0.444 e. The van der Waals surface area contributed by atoms with Gasteiger partial charge in [0.25, 0.3) is 11.8 Å². The van der Waals surface area contributed by atoms with E-state index in [4.69, 9.17) is 4.74 Å². The Hall–Kier alpha value is -5.03. The van der Waals surface area contributed by atoms with Gasteiger partial charge in [0.05, 0.1) is 38.8 Å². The molecular weight excluding hydrogens is 608 g/mol. The molecule has 2 atom stereocenters. The summed E-state index contributed by atoms with van der Waals surface area (Å²) < 4.78 is 5.47. The Morgan fingerprint density at radius 1 is 0.674 bits per heavy atom. The van der Waals surface area contributed by atoms with Gasteiger partial charge in [-0.1, -0.05) is 0 Å². The third-order valence-electron chi connectivity index (χ3n) is 7.16. The van der Waals surface area contributed by atoms with Crippen LogP contribution < -0.4 is 26.6 Å². The number of imide groups is 1. The van der Waals surface area contributed by atoms with E-state index < -0.39 is 79.2 Å². The van der Waals surface area contributed by atoms with Gasteiger partial charge in [0.15, 0.2) is 0 Å². The van der Waals surface area contributed by atoms with E-state index >= 15 is 0 Å². The maximum absolute atomic E-state index is 12.8. The minimum atomic E-state index is -0.704. The third-order valence-corrected chi connectivity index (χ3v) is 7.16. The number of nitrogens with zero attached hydrogens (tertiary/aromatic N) is 3. The van der Waals surface area contributed by atoms with Crippen molar-refractivity contribution < 1.29 is 47.9 Å². The lowest BCUT2D eigenvalue weighted by Gasteiger charge is -2.51. The van der Waals surface area contributed by atoms with Crippen LogP contribution in [-0.4, -0.2) is 138 Å². The fourth-order valence-electron chi connectivity index (χ4n) is 4.87. The second kappa shape index (κ2) is 15.8. The first kappa shape index (κ1) is 35.4.